The van der Waals surface area contributed by atoms with Crippen LogP contribution in [0.2, 0.25) is 0 Å². The molecule has 0 aliphatic carbocycles. The number of allylic oxidation sites excluding steroid dienone is 4. The molecule has 0 fully saturated rings. The van der Waals surface area contributed by atoms with E-state index in [0.717, 1.165) is 5.57 Å². The number of hydrogen-bond acceptors (Lipinski definition) is 1. The first-order valence-corrected chi connectivity index (χ1v) is 6.18. The molecule has 0 aromatic carbocycles. The van der Waals surface area contributed by atoms with Gasteiger partial charge in [-0.05, 0) is 39.4 Å². The van der Waals surface area contributed by atoms with Crippen molar-refractivity contribution in [1.29, 1.82) is 0 Å². The molecule has 0 spiro atoms. The molecule has 0 N–H and O–H groups in total. The predicted molar refractivity (Wildman–Crippen MR) is 74.6 cm³/mol. The molecular weight excluding hydrogens is 213 g/mol. The van der Waals surface area contributed by atoms with Crippen LogP contribution in [-0.2, 0) is 0 Å². The molecule has 2 heteroatoms. The molecule has 2 unspecified atom stereocenters. The first-order chi connectivity index (χ1) is 7.86. The van der Waals surface area contributed by atoms with Gasteiger partial charge in [0.15, 0.2) is 0 Å². The van der Waals surface area contributed by atoms with Gasteiger partial charge in [-0.3, -0.25) is 0 Å². The summed E-state index contributed by atoms with van der Waals surface area (Å²) in [4.78, 5) is 2.13. The maximum Gasteiger partial charge on any atom is 0.122 e. The summed E-state index contributed by atoms with van der Waals surface area (Å²) >= 11 is 0. The SMILES string of the molecule is C=C/C=C(\C(F)=C/C)C(C(C)C)C(C)N(C)C. The maximum absolute atomic E-state index is 13.9. The topological polar surface area (TPSA) is 3.24 Å². The molecule has 0 amide bonds. The van der Waals surface area contributed by atoms with Crippen LogP contribution in [0.15, 0.2) is 36.2 Å². The van der Waals surface area contributed by atoms with Crippen molar-refractivity contribution in [2.75, 3.05) is 14.1 Å². The van der Waals surface area contributed by atoms with Crippen LogP contribution in [0.3, 0.4) is 0 Å². The summed E-state index contributed by atoms with van der Waals surface area (Å²) in [5, 5.41) is 0. The summed E-state index contributed by atoms with van der Waals surface area (Å²) in [5.41, 5.74) is 0.749. The van der Waals surface area contributed by atoms with E-state index < -0.39 is 0 Å². The Balaban J connectivity index is 5.41. The quantitative estimate of drug-likeness (QED) is 0.628. The molecule has 0 radical (unpaired) electrons. The van der Waals surface area contributed by atoms with E-state index in [1.54, 1.807) is 19.1 Å². The highest BCUT2D eigenvalue weighted by Gasteiger charge is 2.27. The minimum absolute atomic E-state index is 0.141. The average Bonchev–Trinajstić information content (AvgIpc) is 2.26. The molecule has 0 saturated carbocycles. The highest BCUT2D eigenvalue weighted by atomic mass is 19.1. The molecule has 17 heavy (non-hydrogen) atoms. The Morgan fingerprint density at radius 3 is 2.06 bits per heavy atom. The molecule has 98 valence electrons. The zero-order valence-corrected chi connectivity index (χ0v) is 12.0. The standard InChI is InChI=1S/C15H26FN/c1-8-10-13(14(16)9-2)15(11(3)4)12(5)17(6)7/h8-12,15H,1H2,2-7H3/b13-10+,14-9+. The Kier molecular flexibility index (Phi) is 7.05. The van der Waals surface area contributed by atoms with Gasteiger partial charge in [0, 0.05) is 12.0 Å². The molecule has 0 bridgehead atoms. The molecule has 0 aromatic rings. The van der Waals surface area contributed by atoms with Crippen molar-refractivity contribution in [3.05, 3.63) is 36.2 Å². The van der Waals surface area contributed by atoms with Gasteiger partial charge < -0.3 is 4.90 Å². The monoisotopic (exact) mass is 239 g/mol. The third-order valence-corrected chi connectivity index (χ3v) is 3.24. The Hall–Kier alpha value is -0.890. The molecule has 0 heterocycles. The lowest BCUT2D eigenvalue weighted by atomic mass is 9.81. The van der Waals surface area contributed by atoms with Crippen molar-refractivity contribution < 1.29 is 4.39 Å². The van der Waals surface area contributed by atoms with Gasteiger partial charge in [-0.1, -0.05) is 38.7 Å². The second-order valence-corrected chi connectivity index (χ2v) is 4.97. The lowest BCUT2D eigenvalue weighted by Crippen LogP contribution is -2.36. The number of hydrogen-bond donors (Lipinski definition) is 0. The van der Waals surface area contributed by atoms with E-state index in [4.69, 9.17) is 0 Å². The van der Waals surface area contributed by atoms with Crippen LogP contribution in [0.4, 0.5) is 4.39 Å². The largest absolute Gasteiger partial charge is 0.306 e. The Labute approximate surface area is 106 Å². The van der Waals surface area contributed by atoms with Crippen molar-refractivity contribution in [2.45, 2.75) is 33.7 Å². The van der Waals surface area contributed by atoms with Crippen molar-refractivity contribution in [3.8, 4) is 0 Å². The van der Waals surface area contributed by atoms with Crippen molar-refractivity contribution in [2.24, 2.45) is 11.8 Å². The number of nitrogens with zero attached hydrogens (tertiary/aromatic N) is 1. The highest BCUT2D eigenvalue weighted by molar-refractivity contribution is 5.32. The van der Waals surface area contributed by atoms with E-state index in [1.165, 1.54) is 6.08 Å². The molecule has 1 nitrogen and oxygen atoms in total. The van der Waals surface area contributed by atoms with Gasteiger partial charge in [0.05, 0.1) is 0 Å². The minimum atomic E-state index is -0.141. The number of halogens is 1. The van der Waals surface area contributed by atoms with Gasteiger partial charge in [0.2, 0.25) is 0 Å². The molecule has 2 atom stereocenters. The fraction of sp³-hybridized carbons (Fsp3) is 0.600. The van der Waals surface area contributed by atoms with E-state index in [0.29, 0.717) is 5.92 Å². The Morgan fingerprint density at radius 1 is 1.24 bits per heavy atom. The zero-order valence-electron chi connectivity index (χ0n) is 12.0. The van der Waals surface area contributed by atoms with E-state index in [2.05, 4.69) is 32.3 Å². The van der Waals surface area contributed by atoms with E-state index >= 15 is 0 Å². The van der Waals surface area contributed by atoms with Crippen molar-refractivity contribution in [1.82, 2.24) is 4.90 Å². The van der Waals surface area contributed by atoms with Crippen molar-refractivity contribution >= 4 is 0 Å². The molecular formula is C15H26FN. The summed E-state index contributed by atoms with van der Waals surface area (Å²) in [5.74, 6) is 0.404. The lowest BCUT2D eigenvalue weighted by molar-refractivity contribution is 0.209. The van der Waals surface area contributed by atoms with Gasteiger partial charge in [0.1, 0.15) is 5.83 Å². The van der Waals surface area contributed by atoms with Crippen LogP contribution in [-0.4, -0.2) is 25.0 Å². The van der Waals surface area contributed by atoms with E-state index in [1.807, 2.05) is 14.1 Å². The van der Waals surface area contributed by atoms with Gasteiger partial charge in [-0.25, -0.2) is 4.39 Å². The van der Waals surface area contributed by atoms with Gasteiger partial charge in [-0.2, -0.15) is 0 Å². The lowest BCUT2D eigenvalue weighted by Gasteiger charge is -2.33. The van der Waals surface area contributed by atoms with Crippen LogP contribution in [0.5, 0.6) is 0 Å². The Bertz CT molecular complexity index is 300. The fourth-order valence-corrected chi connectivity index (χ4v) is 2.14. The summed E-state index contributed by atoms with van der Waals surface area (Å²) in [6.45, 7) is 11.8. The van der Waals surface area contributed by atoms with E-state index in [9.17, 15) is 4.39 Å². The normalized spacial score (nSPS) is 17.5. The highest BCUT2D eigenvalue weighted by Crippen LogP contribution is 2.32. The Morgan fingerprint density at radius 2 is 1.76 bits per heavy atom. The van der Waals surface area contributed by atoms with Crippen LogP contribution in [0.25, 0.3) is 0 Å². The summed E-state index contributed by atoms with van der Waals surface area (Å²) in [7, 11) is 4.05. The second kappa shape index (κ2) is 7.44. The third-order valence-electron chi connectivity index (χ3n) is 3.24. The molecule has 0 aromatic heterocycles. The van der Waals surface area contributed by atoms with Gasteiger partial charge in [0.25, 0.3) is 0 Å². The summed E-state index contributed by atoms with van der Waals surface area (Å²) < 4.78 is 13.9. The predicted octanol–water partition coefficient (Wildman–Crippen LogP) is 4.19. The van der Waals surface area contributed by atoms with Crippen LogP contribution in [0.1, 0.15) is 27.7 Å². The third kappa shape index (κ3) is 4.47. The molecule has 0 aliphatic heterocycles. The van der Waals surface area contributed by atoms with Crippen molar-refractivity contribution in [3.63, 3.8) is 0 Å². The van der Waals surface area contributed by atoms with Crippen LogP contribution >= 0.6 is 0 Å². The second-order valence-electron chi connectivity index (χ2n) is 4.97. The zero-order chi connectivity index (χ0) is 13.6. The summed E-state index contributed by atoms with van der Waals surface area (Å²) in [6.07, 6.45) is 4.98. The fourth-order valence-electron chi connectivity index (χ4n) is 2.14. The first kappa shape index (κ1) is 16.1. The molecule has 0 saturated heterocycles. The average molecular weight is 239 g/mol. The van der Waals surface area contributed by atoms with Crippen LogP contribution < -0.4 is 0 Å². The molecule has 0 rings (SSSR count). The number of rotatable bonds is 6. The van der Waals surface area contributed by atoms with Gasteiger partial charge in [-0.15, -0.1) is 0 Å². The summed E-state index contributed by atoms with van der Waals surface area (Å²) in [6, 6.07) is 0.284. The van der Waals surface area contributed by atoms with Crippen LogP contribution in [0, 0.1) is 11.8 Å². The minimum Gasteiger partial charge on any atom is -0.306 e. The molecule has 0 aliphatic rings. The van der Waals surface area contributed by atoms with E-state index in [-0.39, 0.29) is 17.8 Å². The first-order valence-electron chi connectivity index (χ1n) is 6.18. The maximum atomic E-state index is 13.9. The van der Waals surface area contributed by atoms with Gasteiger partial charge >= 0.3 is 0 Å². The smallest absolute Gasteiger partial charge is 0.122 e.